The SMILES string of the molecule is CCC(C#N)S(=O)c1cc(OC)ccc1N. The van der Waals surface area contributed by atoms with Gasteiger partial charge in [-0.3, -0.25) is 4.21 Å². The summed E-state index contributed by atoms with van der Waals surface area (Å²) in [5.74, 6) is 0.588. The van der Waals surface area contributed by atoms with Crippen molar-refractivity contribution in [2.24, 2.45) is 0 Å². The Hall–Kier alpha value is -1.54. The molecule has 2 unspecified atom stereocenters. The Balaban J connectivity index is 3.12. The van der Waals surface area contributed by atoms with Crippen molar-refractivity contribution >= 4 is 16.5 Å². The molecule has 0 aliphatic heterocycles. The summed E-state index contributed by atoms with van der Waals surface area (Å²) in [6, 6.07) is 6.97. The predicted octanol–water partition coefficient (Wildman–Crippen LogP) is 1.69. The summed E-state index contributed by atoms with van der Waals surface area (Å²) >= 11 is 0. The zero-order valence-electron chi connectivity index (χ0n) is 9.27. The lowest BCUT2D eigenvalue weighted by molar-refractivity contribution is 0.413. The maximum Gasteiger partial charge on any atom is 0.126 e. The number of anilines is 1. The van der Waals surface area contributed by atoms with Crippen LogP contribution in [0.1, 0.15) is 13.3 Å². The molecule has 0 aliphatic rings. The van der Waals surface area contributed by atoms with E-state index in [4.69, 9.17) is 15.7 Å². The Morgan fingerprint density at radius 3 is 2.81 bits per heavy atom. The van der Waals surface area contributed by atoms with Crippen LogP contribution in [0.3, 0.4) is 0 Å². The first-order valence-electron chi connectivity index (χ1n) is 4.87. The monoisotopic (exact) mass is 238 g/mol. The van der Waals surface area contributed by atoms with Crippen LogP contribution < -0.4 is 10.5 Å². The normalized spacial score (nSPS) is 13.8. The van der Waals surface area contributed by atoms with Crippen LogP contribution in [0.15, 0.2) is 23.1 Å². The van der Waals surface area contributed by atoms with Crippen molar-refractivity contribution in [2.75, 3.05) is 12.8 Å². The number of nitriles is 1. The standard InChI is InChI=1S/C11H14N2O2S/c1-3-9(7-12)16(14)11-6-8(15-2)4-5-10(11)13/h4-6,9H,3,13H2,1-2H3. The highest BCUT2D eigenvalue weighted by Crippen LogP contribution is 2.25. The Bertz CT molecular complexity index is 440. The highest BCUT2D eigenvalue weighted by Gasteiger charge is 2.18. The summed E-state index contributed by atoms with van der Waals surface area (Å²) < 4.78 is 17.1. The second-order valence-corrected chi connectivity index (χ2v) is 4.83. The van der Waals surface area contributed by atoms with Gasteiger partial charge in [0.05, 0.1) is 28.9 Å². The molecule has 0 aliphatic carbocycles. The van der Waals surface area contributed by atoms with Gasteiger partial charge >= 0.3 is 0 Å². The minimum Gasteiger partial charge on any atom is -0.497 e. The number of benzene rings is 1. The first-order chi connectivity index (χ1) is 7.63. The molecule has 0 heterocycles. The van der Waals surface area contributed by atoms with Crippen molar-refractivity contribution in [3.63, 3.8) is 0 Å². The Kier molecular flexibility index (Phi) is 4.32. The summed E-state index contributed by atoms with van der Waals surface area (Å²) in [4.78, 5) is 0.466. The lowest BCUT2D eigenvalue weighted by Crippen LogP contribution is -2.13. The van der Waals surface area contributed by atoms with Crippen molar-refractivity contribution < 1.29 is 8.95 Å². The first kappa shape index (κ1) is 12.5. The molecule has 0 radical (unpaired) electrons. The van der Waals surface area contributed by atoms with Crippen molar-refractivity contribution in [3.05, 3.63) is 18.2 Å². The maximum absolute atomic E-state index is 12.0. The number of hydrogen-bond acceptors (Lipinski definition) is 4. The molecule has 0 amide bonds. The van der Waals surface area contributed by atoms with Crippen LogP contribution in [0.4, 0.5) is 5.69 Å². The van der Waals surface area contributed by atoms with Crippen LogP contribution >= 0.6 is 0 Å². The molecule has 1 aromatic rings. The fourth-order valence-corrected chi connectivity index (χ4v) is 2.50. The maximum atomic E-state index is 12.0. The van der Waals surface area contributed by atoms with Gasteiger partial charge in [-0.25, -0.2) is 0 Å². The summed E-state index contributed by atoms with van der Waals surface area (Å²) in [5, 5.41) is 8.33. The lowest BCUT2D eigenvalue weighted by atomic mass is 10.3. The number of nitrogens with two attached hydrogens (primary N) is 1. The number of hydrogen-bond donors (Lipinski definition) is 1. The minimum absolute atomic E-state index is 0.424. The first-order valence-corrected chi connectivity index (χ1v) is 6.09. The molecule has 0 bridgehead atoms. The Morgan fingerprint density at radius 1 is 1.62 bits per heavy atom. The molecular formula is C11H14N2O2S. The van der Waals surface area contributed by atoms with E-state index in [2.05, 4.69) is 0 Å². The highest BCUT2D eigenvalue weighted by molar-refractivity contribution is 7.86. The van der Waals surface area contributed by atoms with Crippen LogP contribution in [-0.4, -0.2) is 16.6 Å². The van der Waals surface area contributed by atoms with Gasteiger partial charge in [0.15, 0.2) is 0 Å². The Labute approximate surface area is 97.5 Å². The third-order valence-corrected chi connectivity index (χ3v) is 3.95. The van der Waals surface area contributed by atoms with Crippen LogP contribution in [0, 0.1) is 11.3 Å². The van der Waals surface area contributed by atoms with Gasteiger partial charge < -0.3 is 10.5 Å². The molecule has 86 valence electrons. The van der Waals surface area contributed by atoms with E-state index in [-0.39, 0.29) is 0 Å². The van der Waals surface area contributed by atoms with E-state index >= 15 is 0 Å². The van der Waals surface area contributed by atoms with Crippen LogP contribution in [0.25, 0.3) is 0 Å². The van der Waals surface area contributed by atoms with Gasteiger partial charge in [-0.2, -0.15) is 5.26 Å². The van der Waals surface area contributed by atoms with Gasteiger partial charge in [-0.05, 0) is 24.6 Å². The number of nitrogen functional groups attached to an aromatic ring is 1. The smallest absolute Gasteiger partial charge is 0.126 e. The van der Waals surface area contributed by atoms with E-state index in [0.29, 0.717) is 22.8 Å². The van der Waals surface area contributed by atoms with Gasteiger partial charge in [0.25, 0.3) is 0 Å². The van der Waals surface area contributed by atoms with Crippen LogP contribution in [0.5, 0.6) is 5.75 Å². The molecule has 1 aromatic carbocycles. The number of methoxy groups -OCH3 is 1. The molecule has 0 saturated heterocycles. The number of ether oxygens (including phenoxy) is 1. The van der Waals surface area contributed by atoms with Gasteiger partial charge in [0, 0.05) is 5.69 Å². The summed E-state index contributed by atoms with van der Waals surface area (Å²) in [6.45, 7) is 1.82. The molecule has 0 fully saturated rings. The van der Waals surface area contributed by atoms with Crippen molar-refractivity contribution in [2.45, 2.75) is 23.5 Å². The fourth-order valence-electron chi connectivity index (χ4n) is 1.26. The summed E-state index contributed by atoms with van der Waals surface area (Å²) in [7, 11) is 0.117. The lowest BCUT2D eigenvalue weighted by Gasteiger charge is -2.10. The average Bonchev–Trinajstić information content (AvgIpc) is 2.31. The molecule has 16 heavy (non-hydrogen) atoms. The van der Waals surface area contributed by atoms with Gasteiger partial charge in [0.2, 0.25) is 0 Å². The molecule has 5 heteroatoms. The van der Waals surface area contributed by atoms with Gasteiger partial charge in [0.1, 0.15) is 11.0 Å². The highest BCUT2D eigenvalue weighted by atomic mass is 32.2. The Morgan fingerprint density at radius 2 is 2.31 bits per heavy atom. The van der Waals surface area contributed by atoms with E-state index in [1.807, 2.05) is 13.0 Å². The van der Waals surface area contributed by atoms with Crippen molar-refractivity contribution in [3.8, 4) is 11.8 Å². The van der Waals surface area contributed by atoms with E-state index in [0.717, 1.165) is 0 Å². The van der Waals surface area contributed by atoms with E-state index in [1.165, 1.54) is 7.11 Å². The van der Waals surface area contributed by atoms with E-state index in [9.17, 15) is 4.21 Å². The predicted molar refractivity (Wildman–Crippen MR) is 63.5 cm³/mol. The minimum atomic E-state index is -1.41. The van der Waals surface area contributed by atoms with Gasteiger partial charge in [-0.15, -0.1) is 0 Å². The summed E-state index contributed by atoms with van der Waals surface area (Å²) in [6.07, 6.45) is 0.528. The van der Waals surface area contributed by atoms with Crippen molar-refractivity contribution in [1.29, 1.82) is 5.26 Å². The van der Waals surface area contributed by atoms with Crippen LogP contribution in [0.2, 0.25) is 0 Å². The molecular weight excluding hydrogens is 224 g/mol. The molecule has 0 saturated carbocycles. The average molecular weight is 238 g/mol. The largest absolute Gasteiger partial charge is 0.497 e. The molecule has 0 aromatic heterocycles. The quantitative estimate of drug-likeness (QED) is 0.810. The van der Waals surface area contributed by atoms with Crippen LogP contribution in [-0.2, 0) is 10.8 Å². The molecule has 2 N–H and O–H groups in total. The van der Waals surface area contributed by atoms with E-state index in [1.54, 1.807) is 18.2 Å². The molecule has 1 rings (SSSR count). The number of nitrogens with zero attached hydrogens (tertiary/aromatic N) is 1. The fraction of sp³-hybridized carbons (Fsp3) is 0.364. The summed E-state index contributed by atoms with van der Waals surface area (Å²) in [5.41, 5.74) is 6.16. The van der Waals surface area contributed by atoms with E-state index < -0.39 is 16.0 Å². The second kappa shape index (κ2) is 5.52. The van der Waals surface area contributed by atoms with Crippen molar-refractivity contribution in [1.82, 2.24) is 0 Å². The second-order valence-electron chi connectivity index (χ2n) is 3.23. The third kappa shape index (κ3) is 2.52. The topological polar surface area (TPSA) is 76.1 Å². The number of rotatable bonds is 4. The zero-order chi connectivity index (χ0) is 12.1. The molecule has 0 spiro atoms. The van der Waals surface area contributed by atoms with Gasteiger partial charge in [-0.1, -0.05) is 6.92 Å². The molecule has 2 atom stereocenters. The third-order valence-electron chi connectivity index (χ3n) is 2.21. The molecule has 4 nitrogen and oxygen atoms in total. The zero-order valence-corrected chi connectivity index (χ0v) is 10.1.